The van der Waals surface area contributed by atoms with E-state index in [1.165, 1.54) is 5.56 Å². The lowest BCUT2D eigenvalue weighted by Crippen LogP contribution is -2.03. The third-order valence-electron chi connectivity index (χ3n) is 2.79. The molecule has 1 unspecified atom stereocenters. The third-order valence-corrected chi connectivity index (χ3v) is 2.79. The molecular weight excluding hydrogens is 192 g/mol. The molecule has 0 aromatic heterocycles. The molecule has 82 valence electrons. The zero-order valence-corrected chi connectivity index (χ0v) is 8.90. The standard InChI is InChI=1S/C12H16O3/c1-14-12-7-9(2-3-11(12)13)6-10-4-5-15-8-10/h2-3,7,10,13H,4-6,8H2,1H3. The molecule has 0 aliphatic carbocycles. The van der Waals surface area contributed by atoms with Crippen molar-refractivity contribution in [2.75, 3.05) is 20.3 Å². The van der Waals surface area contributed by atoms with Crippen LogP contribution in [-0.2, 0) is 11.2 Å². The van der Waals surface area contributed by atoms with Crippen molar-refractivity contribution in [1.82, 2.24) is 0 Å². The van der Waals surface area contributed by atoms with Crippen LogP contribution in [0.3, 0.4) is 0 Å². The first-order valence-corrected chi connectivity index (χ1v) is 5.23. The molecule has 0 radical (unpaired) electrons. The second-order valence-corrected chi connectivity index (χ2v) is 3.94. The highest BCUT2D eigenvalue weighted by Gasteiger charge is 2.16. The monoisotopic (exact) mass is 208 g/mol. The van der Waals surface area contributed by atoms with Gasteiger partial charge in [0.1, 0.15) is 0 Å². The number of aromatic hydroxyl groups is 1. The molecule has 1 fully saturated rings. The van der Waals surface area contributed by atoms with Gasteiger partial charge in [-0.05, 0) is 36.5 Å². The minimum Gasteiger partial charge on any atom is -0.504 e. The molecule has 3 heteroatoms. The predicted octanol–water partition coefficient (Wildman–Crippen LogP) is 1.98. The number of methoxy groups -OCH3 is 1. The SMILES string of the molecule is COc1cc(CC2CCOC2)ccc1O. The fraction of sp³-hybridized carbons (Fsp3) is 0.500. The van der Waals surface area contributed by atoms with E-state index in [1.54, 1.807) is 13.2 Å². The van der Waals surface area contributed by atoms with E-state index < -0.39 is 0 Å². The van der Waals surface area contributed by atoms with Crippen molar-refractivity contribution in [3.8, 4) is 11.5 Å². The zero-order valence-electron chi connectivity index (χ0n) is 8.90. The third kappa shape index (κ3) is 2.42. The molecule has 1 atom stereocenters. The number of hydrogen-bond donors (Lipinski definition) is 1. The molecule has 1 heterocycles. The molecule has 1 N–H and O–H groups in total. The highest BCUT2D eigenvalue weighted by Crippen LogP contribution is 2.28. The minimum absolute atomic E-state index is 0.198. The van der Waals surface area contributed by atoms with E-state index in [9.17, 15) is 5.11 Å². The van der Waals surface area contributed by atoms with Crippen molar-refractivity contribution < 1.29 is 14.6 Å². The van der Waals surface area contributed by atoms with Gasteiger partial charge in [0.15, 0.2) is 11.5 Å². The summed E-state index contributed by atoms with van der Waals surface area (Å²) in [5.74, 6) is 1.36. The van der Waals surface area contributed by atoms with Gasteiger partial charge in [-0.15, -0.1) is 0 Å². The van der Waals surface area contributed by atoms with Gasteiger partial charge in [-0.2, -0.15) is 0 Å². The Morgan fingerprint density at radius 1 is 1.53 bits per heavy atom. The lowest BCUT2D eigenvalue weighted by molar-refractivity contribution is 0.186. The van der Waals surface area contributed by atoms with Crippen LogP contribution in [0.5, 0.6) is 11.5 Å². The van der Waals surface area contributed by atoms with Gasteiger partial charge in [0.2, 0.25) is 0 Å². The molecule has 0 bridgehead atoms. The van der Waals surface area contributed by atoms with Crippen LogP contribution in [0, 0.1) is 5.92 Å². The topological polar surface area (TPSA) is 38.7 Å². The van der Waals surface area contributed by atoms with Crippen LogP contribution in [-0.4, -0.2) is 25.4 Å². The largest absolute Gasteiger partial charge is 0.504 e. The molecule has 1 aromatic carbocycles. The molecule has 15 heavy (non-hydrogen) atoms. The highest BCUT2D eigenvalue weighted by atomic mass is 16.5. The molecule has 2 rings (SSSR count). The summed E-state index contributed by atoms with van der Waals surface area (Å²) < 4.78 is 10.4. The fourth-order valence-electron chi connectivity index (χ4n) is 1.93. The van der Waals surface area contributed by atoms with Crippen LogP contribution in [0.25, 0.3) is 0 Å². The number of benzene rings is 1. The van der Waals surface area contributed by atoms with Gasteiger partial charge in [-0.1, -0.05) is 6.07 Å². The molecule has 3 nitrogen and oxygen atoms in total. The van der Waals surface area contributed by atoms with Crippen LogP contribution >= 0.6 is 0 Å². The molecule has 0 saturated carbocycles. The molecule has 1 aliphatic rings. The van der Waals surface area contributed by atoms with Crippen LogP contribution < -0.4 is 4.74 Å². The first kappa shape index (κ1) is 10.3. The normalized spacial score (nSPS) is 20.5. The van der Waals surface area contributed by atoms with E-state index in [1.807, 2.05) is 12.1 Å². The van der Waals surface area contributed by atoms with E-state index >= 15 is 0 Å². The Kier molecular flexibility index (Phi) is 3.11. The van der Waals surface area contributed by atoms with E-state index in [4.69, 9.17) is 9.47 Å². The summed E-state index contributed by atoms with van der Waals surface area (Å²) in [6.45, 7) is 1.73. The Balaban J connectivity index is 2.07. The number of hydrogen-bond acceptors (Lipinski definition) is 3. The highest BCUT2D eigenvalue weighted by molar-refractivity contribution is 5.41. The van der Waals surface area contributed by atoms with Crippen LogP contribution in [0.4, 0.5) is 0 Å². The number of phenols is 1. The maximum Gasteiger partial charge on any atom is 0.160 e. The lowest BCUT2D eigenvalue weighted by Gasteiger charge is -2.09. The van der Waals surface area contributed by atoms with E-state index in [0.29, 0.717) is 11.7 Å². The summed E-state index contributed by atoms with van der Waals surface area (Å²) in [4.78, 5) is 0. The van der Waals surface area contributed by atoms with Crippen LogP contribution in [0.2, 0.25) is 0 Å². The Bertz CT molecular complexity index is 330. The van der Waals surface area contributed by atoms with Crippen molar-refractivity contribution in [2.45, 2.75) is 12.8 Å². The van der Waals surface area contributed by atoms with Gasteiger partial charge in [0.25, 0.3) is 0 Å². The van der Waals surface area contributed by atoms with Crippen LogP contribution in [0.1, 0.15) is 12.0 Å². The van der Waals surface area contributed by atoms with Gasteiger partial charge < -0.3 is 14.6 Å². The summed E-state index contributed by atoms with van der Waals surface area (Å²) in [5.41, 5.74) is 1.19. The lowest BCUT2D eigenvalue weighted by atomic mass is 9.98. The van der Waals surface area contributed by atoms with Gasteiger partial charge in [0, 0.05) is 13.2 Å². The summed E-state index contributed by atoms with van der Waals surface area (Å²) in [7, 11) is 1.57. The maximum atomic E-state index is 9.45. The van der Waals surface area contributed by atoms with E-state index in [0.717, 1.165) is 26.1 Å². The maximum absolute atomic E-state index is 9.45. The Morgan fingerprint density at radius 3 is 3.07 bits per heavy atom. The molecule has 1 saturated heterocycles. The smallest absolute Gasteiger partial charge is 0.160 e. The predicted molar refractivity (Wildman–Crippen MR) is 57.3 cm³/mol. The summed E-state index contributed by atoms with van der Waals surface area (Å²) >= 11 is 0. The van der Waals surface area contributed by atoms with E-state index in [-0.39, 0.29) is 5.75 Å². The van der Waals surface area contributed by atoms with Crippen LogP contribution in [0.15, 0.2) is 18.2 Å². The summed E-state index contributed by atoms with van der Waals surface area (Å²) in [6, 6.07) is 5.52. The quantitative estimate of drug-likeness (QED) is 0.825. The zero-order chi connectivity index (χ0) is 10.7. The first-order valence-electron chi connectivity index (χ1n) is 5.23. The van der Waals surface area contributed by atoms with Crippen molar-refractivity contribution in [2.24, 2.45) is 5.92 Å². The van der Waals surface area contributed by atoms with Crippen molar-refractivity contribution >= 4 is 0 Å². The Hall–Kier alpha value is -1.22. The molecular formula is C12H16O3. The molecule has 0 spiro atoms. The van der Waals surface area contributed by atoms with E-state index in [2.05, 4.69) is 0 Å². The van der Waals surface area contributed by atoms with Crippen molar-refractivity contribution in [3.05, 3.63) is 23.8 Å². The second-order valence-electron chi connectivity index (χ2n) is 3.94. The van der Waals surface area contributed by atoms with Gasteiger partial charge in [0.05, 0.1) is 7.11 Å². The fourth-order valence-corrected chi connectivity index (χ4v) is 1.93. The first-order chi connectivity index (χ1) is 7.29. The number of ether oxygens (including phenoxy) is 2. The summed E-state index contributed by atoms with van der Waals surface area (Å²) in [5, 5.41) is 9.45. The molecule has 0 amide bonds. The second kappa shape index (κ2) is 4.53. The number of phenolic OH excluding ortho intramolecular Hbond substituents is 1. The molecule has 1 aromatic rings. The Labute approximate surface area is 89.6 Å². The average molecular weight is 208 g/mol. The average Bonchev–Trinajstić information content (AvgIpc) is 2.73. The van der Waals surface area contributed by atoms with Gasteiger partial charge >= 0.3 is 0 Å². The van der Waals surface area contributed by atoms with Crippen molar-refractivity contribution in [3.63, 3.8) is 0 Å². The minimum atomic E-state index is 0.198. The van der Waals surface area contributed by atoms with Gasteiger partial charge in [-0.25, -0.2) is 0 Å². The molecule has 1 aliphatic heterocycles. The van der Waals surface area contributed by atoms with Gasteiger partial charge in [-0.3, -0.25) is 0 Å². The van der Waals surface area contributed by atoms with Crippen molar-refractivity contribution in [1.29, 1.82) is 0 Å². The number of rotatable bonds is 3. The Morgan fingerprint density at radius 2 is 2.40 bits per heavy atom. The summed E-state index contributed by atoms with van der Waals surface area (Å²) in [6.07, 6.45) is 2.12.